The molecule has 1 atom stereocenters. The van der Waals surface area contributed by atoms with E-state index >= 15 is 0 Å². The normalized spacial score (nSPS) is 18.3. The van der Waals surface area contributed by atoms with E-state index in [0.717, 1.165) is 11.1 Å². The predicted octanol–water partition coefficient (Wildman–Crippen LogP) is 3.51. The standard InChI is InChI=1S/C29H31N3O5S/c1-21-11-13-24(14-12-21)38(35,36)31-17-15-23(16-18-31)29(34)32-20-27(37-26-10-6-5-9-25(26)32)28(33)30-19-22-7-3-2-4-8-22/h2-14,23,27H,15-20H2,1H3,(H,30,33). The average Bonchev–Trinajstić information content (AvgIpc) is 2.95. The number of amides is 2. The molecule has 9 heteroatoms. The summed E-state index contributed by atoms with van der Waals surface area (Å²) in [6, 6.07) is 23.6. The van der Waals surface area contributed by atoms with Gasteiger partial charge in [-0.2, -0.15) is 4.31 Å². The summed E-state index contributed by atoms with van der Waals surface area (Å²) in [7, 11) is -3.62. The van der Waals surface area contributed by atoms with Crippen molar-refractivity contribution in [1.29, 1.82) is 0 Å². The van der Waals surface area contributed by atoms with Crippen LogP contribution in [0.4, 0.5) is 5.69 Å². The van der Waals surface area contributed by atoms with Gasteiger partial charge in [-0.3, -0.25) is 9.59 Å². The Hall–Kier alpha value is -3.69. The van der Waals surface area contributed by atoms with Crippen LogP contribution >= 0.6 is 0 Å². The number of hydrogen-bond acceptors (Lipinski definition) is 5. The third-order valence-electron chi connectivity index (χ3n) is 7.10. The molecule has 5 rings (SSSR count). The van der Waals surface area contributed by atoms with Crippen molar-refractivity contribution >= 4 is 27.5 Å². The Morgan fingerprint density at radius 3 is 2.29 bits per heavy atom. The molecule has 3 aromatic rings. The van der Waals surface area contributed by atoms with Crippen LogP contribution in [-0.4, -0.2) is 50.3 Å². The SMILES string of the molecule is Cc1ccc(S(=O)(=O)N2CCC(C(=O)N3CC(C(=O)NCc4ccccc4)Oc4ccccc43)CC2)cc1. The molecule has 2 heterocycles. The Balaban J connectivity index is 1.26. The van der Waals surface area contributed by atoms with Gasteiger partial charge in [-0.05, 0) is 49.6 Å². The number of fused-ring (bicyclic) bond motifs is 1. The molecule has 0 saturated carbocycles. The summed E-state index contributed by atoms with van der Waals surface area (Å²) in [5, 5.41) is 2.90. The molecular weight excluding hydrogens is 502 g/mol. The van der Waals surface area contributed by atoms with Crippen molar-refractivity contribution in [2.75, 3.05) is 24.5 Å². The molecule has 198 valence electrons. The van der Waals surface area contributed by atoms with Crippen LogP contribution < -0.4 is 15.0 Å². The second-order valence-corrected chi connectivity index (χ2v) is 11.7. The van der Waals surface area contributed by atoms with Crippen LogP contribution in [-0.2, 0) is 26.2 Å². The number of nitrogens with zero attached hydrogens (tertiary/aromatic N) is 2. The van der Waals surface area contributed by atoms with Crippen molar-refractivity contribution < 1.29 is 22.7 Å². The Bertz CT molecular complexity index is 1400. The molecule has 1 unspecified atom stereocenters. The Morgan fingerprint density at radius 2 is 1.58 bits per heavy atom. The van der Waals surface area contributed by atoms with Crippen LogP contribution in [0, 0.1) is 12.8 Å². The molecule has 3 aromatic carbocycles. The highest BCUT2D eigenvalue weighted by Gasteiger charge is 2.39. The molecule has 0 aromatic heterocycles. The van der Waals surface area contributed by atoms with Crippen LogP contribution in [0.2, 0.25) is 0 Å². The van der Waals surface area contributed by atoms with Crippen molar-refractivity contribution in [3.05, 3.63) is 90.0 Å². The minimum atomic E-state index is -3.62. The number of rotatable bonds is 6. The van der Waals surface area contributed by atoms with E-state index in [1.54, 1.807) is 41.3 Å². The summed E-state index contributed by atoms with van der Waals surface area (Å²) in [5.41, 5.74) is 2.59. The van der Waals surface area contributed by atoms with Gasteiger partial charge < -0.3 is 15.0 Å². The highest BCUT2D eigenvalue weighted by atomic mass is 32.2. The van der Waals surface area contributed by atoms with Gasteiger partial charge in [0.25, 0.3) is 5.91 Å². The summed E-state index contributed by atoms with van der Waals surface area (Å²) >= 11 is 0. The number of carbonyl (C=O) groups is 2. The van der Waals surface area contributed by atoms with Crippen LogP contribution in [0.5, 0.6) is 5.75 Å². The topological polar surface area (TPSA) is 96.0 Å². The number of nitrogens with one attached hydrogen (secondary N) is 1. The Kier molecular flexibility index (Phi) is 7.49. The summed E-state index contributed by atoms with van der Waals surface area (Å²) in [4.78, 5) is 28.6. The van der Waals surface area contributed by atoms with Crippen LogP contribution in [0.25, 0.3) is 0 Å². The number of hydrogen-bond donors (Lipinski definition) is 1. The third kappa shape index (κ3) is 5.44. The number of carbonyl (C=O) groups excluding carboxylic acids is 2. The zero-order chi connectivity index (χ0) is 26.7. The molecule has 2 amide bonds. The molecule has 8 nitrogen and oxygen atoms in total. The number of para-hydroxylation sites is 2. The van der Waals surface area contributed by atoms with E-state index in [1.807, 2.05) is 49.4 Å². The van der Waals surface area contributed by atoms with E-state index in [0.29, 0.717) is 30.8 Å². The minimum Gasteiger partial charge on any atom is -0.477 e. The van der Waals surface area contributed by atoms with Gasteiger partial charge in [-0.25, -0.2) is 8.42 Å². The average molecular weight is 534 g/mol. The van der Waals surface area contributed by atoms with Crippen LogP contribution in [0.3, 0.4) is 0 Å². The summed E-state index contributed by atoms with van der Waals surface area (Å²) in [6.45, 7) is 2.90. The van der Waals surface area contributed by atoms with Crippen molar-refractivity contribution in [1.82, 2.24) is 9.62 Å². The highest BCUT2D eigenvalue weighted by molar-refractivity contribution is 7.89. The Morgan fingerprint density at radius 1 is 0.921 bits per heavy atom. The van der Waals surface area contributed by atoms with E-state index in [4.69, 9.17) is 4.74 Å². The van der Waals surface area contributed by atoms with Gasteiger partial charge >= 0.3 is 0 Å². The van der Waals surface area contributed by atoms with Gasteiger partial charge in [0.15, 0.2) is 6.10 Å². The van der Waals surface area contributed by atoms with E-state index < -0.39 is 16.1 Å². The maximum absolute atomic E-state index is 13.7. The van der Waals surface area contributed by atoms with Gasteiger partial charge in [0.2, 0.25) is 15.9 Å². The van der Waals surface area contributed by atoms with Gasteiger partial charge in [0.1, 0.15) is 5.75 Å². The largest absolute Gasteiger partial charge is 0.477 e. The monoisotopic (exact) mass is 533 g/mol. The second-order valence-electron chi connectivity index (χ2n) is 9.72. The summed E-state index contributed by atoms with van der Waals surface area (Å²) < 4.78 is 33.6. The first-order valence-corrected chi connectivity index (χ1v) is 14.2. The predicted molar refractivity (Wildman–Crippen MR) is 144 cm³/mol. The van der Waals surface area contributed by atoms with Crippen molar-refractivity contribution in [3.8, 4) is 5.75 Å². The molecule has 0 spiro atoms. The van der Waals surface area contributed by atoms with Crippen molar-refractivity contribution in [3.63, 3.8) is 0 Å². The van der Waals surface area contributed by atoms with Crippen molar-refractivity contribution in [2.45, 2.75) is 37.3 Å². The van der Waals surface area contributed by atoms with Crippen LogP contribution in [0.1, 0.15) is 24.0 Å². The molecule has 0 radical (unpaired) electrons. The molecule has 1 fully saturated rings. The molecule has 2 aliphatic rings. The number of ether oxygens (including phenoxy) is 1. The van der Waals surface area contributed by atoms with Crippen LogP contribution in [0.15, 0.2) is 83.8 Å². The van der Waals surface area contributed by atoms with Gasteiger partial charge in [-0.15, -0.1) is 0 Å². The maximum Gasteiger partial charge on any atom is 0.263 e. The van der Waals surface area contributed by atoms with Crippen molar-refractivity contribution in [2.24, 2.45) is 5.92 Å². The highest BCUT2D eigenvalue weighted by Crippen LogP contribution is 2.35. The smallest absolute Gasteiger partial charge is 0.263 e. The molecular formula is C29H31N3O5S. The summed E-state index contributed by atoms with van der Waals surface area (Å²) in [5.74, 6) is -0.279. The fourth-order valence-electron chi connectivity index (χ4n) is 4.90. The lowest BCUT2D eigenvalue weighted by Gasteiger charge is -2.38. The number of anilines is 1. The van der Waals surface area contributed by atoms with E-state index in [9.17, 15) is 18.0 Å². The Labute approximate surface area is 223 Å². The molecule has 1 N–H and O–H groups in total. The lowest BCUT2D eigenvalue weighted by molar-refractivity contribution is -0.129. The summed E-state index contributed by atoms with van der Waals surface area (Å²) in [6.07, 6.45) is -0.0256. The maximum atomic E-state index is 13.7. The first-order valence-electron chi connectivity index (χ1n) is 12.8. The van der Waals surface area contributed by atoms with E-state index in [1.165, 1.54) is 4.31 Å². The number of aryl methyl sites for hydroxylation is 1. The van der Waals surface area contributed by atoms with Gasteiger partial charge in [-0.1, -0.05) is 60.2 Å². The lowest BCUT2D eigenvalue weighted by Crippen LogP contribution is -2.53. The molecule has 0 bridgehead atoms. The first kappa shape index (κ1) is 25.9. The van der Waals surface area contributed by atoms with E-state index in [2.05, 4.69) is 5.32 Å². The molecule has 2 aliphatic heterocycles. The molecule has 38 heavy (non-hydrogen) atoms. The third-order valence-corrected chi connectivity index (χ3v) is 9.02. The minimum absolute atomic E-state index is 0.0956. The molecule has 1 saturated heterocycles. The first-order chi connectivity index (χ1) is 18.3. The zero-order valence-corrected chi connectivity index (χ0v) is 22.1. The van der Waals surface area contributed by atoms with E-state index in [-0.39, 0.29) is 42.3 Å². The fraction of sp³-hybridized carbons (Fsp3) is 0.310. The number of benzene rings is 3. The fourth-order valence-corrected chi connectivity index (χ4v) is 6.37. The van der Waals surface area contributed by atoms with Gasteiger partial charge in [0, 0.05) is 25.6 Å². The molecule has 0 aliphatic carbocycles. The zero-order valence-electron chi connectivity index (χ0n) is 21.2. The number of piperidine rings is 1. The van der Waals surface area contributed by atoms with Gasteiger partial charge in [0.05, 0.1) is 17.1 Å². The second kappa shape index (κ2) is 11.0. The number of sulfonamides is 1. The lowest BCUT2D eigenvalue weighted by atomic mass is 9.95. The quantitative estimate of drug-likeness (QED) is 0.523.